The van der Waals surface area contributed by atoms with E-state index >= 15 is 0 Å². The summed E-state index contributed by atoms with van der Waals surface area (Å²) in [6, 6.07) is 18.7. The van der Waals surface area contributed by atoms with Gasteiger partial charge in [0, 0.05) is 29.5 Å². The van der Waals surface area contributed by atoms with E-state index in [-0.39, 0.29) is 5.91 Å². The molecule has 0 unspecified atom stereocenters. The van der Waals surface area contributed by atoms with E-state index in [0.29, 0.717) is 13.0 Å². The maximum atomic E-state index is 13.3. The van der Waals surface area contributed by atoms with Crippen LogP contribution in [0.5, 0.6) is 0 Å². The smallest absolute Gasteiger partial charge is 0.229 e. The van der Waals surface area contributed by atoms with Crippen molar-refractivity contribution in [3.8, 4) is 0 Å². The summed E-state index contributed by atoms with van der Waals surface area (Å²) in [6.07, 6.45) is 4.99. The minimum absolute atomic E-state index is 0.0817. The lowest BCUT2D eigenvalue weighted by Crippen LogP contribution is -2.30. The van der Waals surface area contributed by atoms with Gasteiger partial charge in [-0.3, -0.25) is 14.7 Å². The largest absolute Gasteiger partial charge is 0.284 e. The van der Waals surface area contributed by atoms with Crippen LogP contribution in [0.15, 0.2) is 71.9 Å². The second-order valence-corrected chi connectivity index (χ2v) is 9.58. The van der Waals surface area contributed by atoms with Crippen LogP contribution in [0.25, 0.3) is 10.2 Å². The van der Waals surface area contributed by atoms with Gasteiger partial charge < -0.3 is 0 Å². The first-order valence-corrected chi connectivity index (χ1v) is 12.2. The number of hydrogen-bond donors (Lipinski definition) is 0. The molecule has 0 radical (unpaired) electrons. The zero-order chi connectivity index (χ0) is 21.6. The molecule has 158 valence electrons. The molecule has 0 aliphatic heterocycles. The van der Waals surface area contributed by atoms with E-state index in [4.69, 9.17) is 4.98 Å². The Kier molecular flexibility index (Phi) is 6.99. The molecule has 4 rings (SSSR count). The van der Waals surface area contributed by atoms with Crippen molar-refractivity contribution in [2.24, 2.45) is 0 Å². The van der Waals surface area contributed by atoms with Gasteiger partial charge in [-0.2, -0.15) is 0 Å². The lowest BCUT2D eigenvalue weighted by molar-refractivity contribution is -0.118. The predicted molar refractivity (Wildman–Crippen MR) is 131 cm³/mol. The normalized spacial score (nSPS) is 11.0. The van der Waals surface area contributed by atoms with E-state index in [1.807, 2.05) is 29.3 Å². The summed E-state index contributed by atoms with van der Waals surface area (Å²) in [6.45, 7) is 4.70. The number of fused-ring (bicyclic) bond motifs is 1. The Morgan fingerprint density at radius 1 is 1.10 bits per heavy atom. The van der Waals surface area contributed by atoms with Gasteiger partial charge in [0.2, 0.25) is 5.91 Å². The van der Waals surface area contributed by atoms with E-state index in [1.165, 1.54) is 16.0 Å². The Bertz CT molecular complexity index is 1160. The summed E-state index contributed by atoms with van der Waals surface area (Å²) in [4.78, 5) is 25.2. The zero-order valence-corrected chi connectivity index (χ0v) is 19.4. The van der Waals surface area contributed by atoms with Gasteiger partial charge in [0.05, 0.1) is 16.8 Å². The molecule has 2 aromatic carbocycles. The number of carbonyl (C=O) groups is 1. The van der Waals surface area contributed by atoms with Crippen LogP contribution < -0.4 is 4.90 Å². The molecule has 0 fully saturated rings. The maximum absolute atomic E-state index is 13.3. The van der Waals surface area contributed by atoms with Crippen molar-refractivity contribution < 1.29 is 4.79 Å². The number of hydrogen-bond acceptors (Lipinski definition) is 5. The van der Waals surface area contributed by atoms with Gasteiger partial charge >= 0.3 is 0 Å². The van der Waals surface area contributed by atoms with Gasteiger partial charge in [0.25, 0.3) is 0 Å². The first kappa shape index (κ1) is 21.5. The van der Waals surface area contributed by atoms with E-state index in [1.54, 1.807) is 29.3 Å². The molecular weight excluding hydrogens is 422 g/mol. The summed E-state index contributed by atoms with van der Waals surface area (Å²) in [5, 5.41) is 0.748. The van der Waals surface area contributed by atoms with Crippen LogP contribution >= 0.6 is 23.1 Å². The van der Waals surface area contributed by atoms with E-state index in [0.717, 1.165) is 33.1 Å². The van der Waals surface area contributed by atoms with Crippen molar-refractivity contribution in [2.45, 2.75) is 38.1 Å². The third kappa shape index (κ3) is 5.51. The molecule has 0 bridgehead atoms. The molecule has 4 aromatic rings. The number of aromatic nitrogens is 2. The Morgan fingerprint density at radius 3 is 2.68 bits per heavy atom. The third-order valence-electron chi connectivity index (χ3n) is 5.05. The second-order valence-electron chi connectivity index (χ2n) is 7.40. The lowest BCUT2D eigenvalue weighted by Gasteiger charge is -2.20. The van der Waals surface area contributed by atoms with Crippen LogP contribution in [-0.4, -0.2) is 21.6 Å². The third-order valence-corrected chi connectivity index (χ3v) is 7.11. The van der Waals surface area contributed by atoms with Gasteiger partial charge in [-0.1, -0.05) is 48.1 Å². The van der Waals surface area contributed by atoms with Gasteiger partial charge in [-0.15, -0.1) is 11.8 Å². The number of pyridine rings is 1. The molecule has 0 aliphatic carbocycles. The second kappa shape index (κ2) is 10.1. The number of nitrogens with zero attached hydrogens (tertiary/aromatic N) is 3. The van der Waals surface area contributed by atoms with Gasteiger partial charge in [-0.25, -0.2) is 4.98 Å². The molecule has 0 aliphatic rings. The van der Waals surface area contributed by atoms with Crippen molar-refractivity contribution >= 4 is 44.4 Å². The SMILES string of the molecule is CCc1ccc2nc(N(Cc3cccnc3)C(=O)CCSc3ccc(C)cc3)sc2c1. The molecule has 31 heavy (non-hydrogen) atoms. The highest BCUT2D eigenvalue weighted by molar-refractivity contribution is 7.99. The number of thiazole rings is 1. The molecule has 0 saturated heterocycles. The molecule has 2 aromatic heterocycles. The molecule has 0 spiro atoms. The number of rotatable bonds is 8. The topological polar surface area (TPSA) is 46.1 Å². The van der Waals surface area contributed by atoms with Crippen molar-refractivity contribution in [1.29, 1.82) is 0 Å². The van der Waals surface area contributed by atoms with Crippen LogP contribution in [0.2, 0.25) is 0 Å². The zero-order valence-electron chi connectivity index (χ0n) is 17.7. The Hall–Kier alpha value is -2.70. The number of benzene rings is 2. The Labute approximate surface area is 191 Å². The minimum Gasteiger partial charge on any atom is -0.284 e. The summed E-state index contributed by atoms with van der Waals surface area (Å²) in [5.41, 5.74) is 4.46. The van der Waals surface area contributed by atoms with Crippen molar-refractivity contribution in [2.75, 3.05) is 10.7 Å². The summed E-state index contributed by atoms with van der Waals surface area (Å²) >= 11 is 3.29. The fraction of sp³-hybridized carbons (Fsp3) is 0.240. The Morgan fingerprint density at radius 2 is 1.94 bits per heavy atom. The van der Waals surface area contributed by atoms with Crippen molar-refractivity contribution in [1.82, 2.24) is 9.97 Å². The summed E-state index contributed by atoms with van der Waals surface area (Å²) in [5.74, 6) is 0.814. The van der Waals surface area contributed by atoms with E-state index < -0.39 is 0 Å². The average Bonchev–Trinajstić information content (AvgIpc) is 3.22. The fourth-order valence-corrected chi connectivity index (χ4v) is 5.14. The van der Waals surface area contributed by atoms with Crippen LogP contribution in [0, 0.1) is 6.92 Å². The minimum atomic E-state index is 0.0817. The lowest BCUT2D eigenvalue weighted by atomic mass is 10.2. The number of carbonyl (C=O) groups excluding carboxylic acids is 1. The number of anilines is 1. The van der Waals surface area contributed by atoms with E-state index in [2.05, 4.69) is 55.2 Å². The monoisotopic (exact) mass is 447 g/mol. The van der Waals surface area contributed by atoms with E-state index in [9.17, 15) is 4.79 Å². The van der Waals surface area contributed by atoms with Crippen molar-refractivity contribution in [3.05, 3.63) is 83.7 Å². The average molecular weight is 448 g/mol. The van der Waals surface area contributed by atoms with Gasteiger partial charge in [0.15, 0.2) is 5.13 Å². The van der Waals surface area contributed by atoms with Crippen molar-refractivity contribution in [3.63, 3.8) is 0 Å². The first-order chi connectivity index (χ1) is 15.1. The quantitative estimate of drug-likeness (QED) is 0.298. The molecule has 4 nitrogen and oxygen atoms in total. The molecular formula is C25H25N3OS2. The highest BCUT2D eigenvalue weighted by Crippen LogP contribution is 2.31. The maximum Gasteiger partial charge on any atom is 0.229 e. The fourth-order valence-electron chi connectivity index (χ4n) is 3.25. The van der Waals surface area contributed by atoms with Gasteiger partial charge in [0.1, 0.15) is 0 Å². The van der Waals surface area contributed by atoms with Gasteiger partial charge in [-0.05, 0) is 54.8 Å². The predicted octanol–water partition coefficient (Wildman–Crippen LogP) is 6.28. The first-order valence-electron chi connectivity index (χ1n) is 10.4. The van der Waals surface area contributed by atoms with Crippen LogP contribution in [0.3, 0.4) is 0 Å². The molecule has 0 N–H and O–H groups in total. The molecule has 0 saturated carbocycles. The summed E-state index contributed by atoms with van der Waals surface area (Å²) in [7, 11) is 0. The molecule has 6 heteroatoms. The number of amides is 1. The van der Waals surface area contributed by atoms with Crippen LogP contribution in [0.1, 0.15) is 30.0 Å². The van der Waals surface area contributed by atoms with Crippen LogP contribution in [0.4, 0.5) is 5.13 Å². The highest BCUT2D eigenvalue weighted by atomic mass is 32.2. The summed E-state index contributed by atoms with van der Waals surface area (Å²) < 4.78 is 1.12. The van der Waals surface area contributed by atoms with Crippen LogP contribution in [-0.2, 0) is 17.8 Å². The highest BCUT2D eigenvalue weighted by Gasteiger charge is 2.20. The Balaban J connectivity index is 1.53. The molecule has 2 heterocycles. The number of aryl methyl sites for hydroxylation is 2. The molecule has 1 amide bonds. The molecule has 0 atom stereocenters. The standard InChI is InChI=1S/C25H25N3OS2/c1-3-19-8-11-22-23(15-19)31-25(27-22)28(17-20-5-4-13-26-16-20)24(29)12-14-30-21-9-6-18(2)7-10-21/h4-11,13,15-16H,3,12,14,17H2,1-2H3. The number of thioether (sulfide) groups is 1.